The zero-order valence-electron chi connectivity index (χ0n) is 11.4. The number of rotatable bonds is 2. The summed E-state index contributed by atoms with van der Waals surface area (Å²) in [4.78, 5) is 4.36. The number of ether oxygens (including phenoxy) is 1. The molecule has 0 amide bonds. The van der Waals surface area contributed by atoms with Crippen LogP contribution in [-0.2, 0) is 0 Å². The van der Waals surface area contributed by atoms with Gasteiger partial charge in [-0.15, -0.1) is 0 Å². The highest BCUT2D eigenvalue weighted by atomic mass is 16.5. The molecule has 2 heterocycles. The fourth-order valence-corrected chi connectivity index (χ4v) is 2.79. The van der Waals surface area contributed by atoms with E-state index >= 15 is 0 Å². The number of nitrogen functional groups attached to an aromatic ring is 1. The Morgan fingerprint density at radius 1 is 1.10 bits per heavy atom. The molecule has 1 aliphatic heterocycles. The molecular weight excluding hydrogens is 262 g/mol. The van der Waals surface area contributed by atoms with Crippen molar-refractivity contribution in [3.8, 4) is 5.75 Å². The molecule has 0 radical (unpaired) electrons. The summed E-state index contributed by atoms with van der Waals surface area (Å²) in [6.07, 6.45) is 1.78. The summed E-state index contributed by atoms with van der Waals surface area (Å²) < 4.78 is 5.72. The van der Waals surface area contributed by atoms with Crippen molar-refractivity contribution in [2.45, 2.75) is 6.04 Å². The fourth-order valence-electron chi connectivity index (χ4n) is 2.79. The van der Waals surface area contributed by atoms with Gasteiger partial charge in [0.15, 0.2) is 0 Å². The van der Waals surface area contributed by atoms with Gasteiger partial charge >= 0.3 is 0 Å². The molecule has 4 nitrogen and oxygen atoms in total. The molecule has 0 bridgehead atoms. The maximum absolute atomic E-state index is 5.99. The third-order valence-electron chi connectivity index (χ3n) is 3.83. The van der Waals surface area contributed by atoms with E-state index in [0.717, 1.165) is 22.3 Å². The van der Waals surface area contributed by atoms with E-state index in [9.17, 15) is 0 Å². The summed E-state index contributed by atoms with van der Waals surface area (Å²) in [7, 11) is 0. The Kier molecular flexibility index (Phi) is 2.67. The SMILES string of the molecule is Nc1cccc2c(NC3COc4ccccc43)ccnc12. The largest absolute Gasteiger partial charge is 0.491 e. The number of nitrogens with zero attached hydrogens (tertiary/aromatic N) is 1. The Morgan fingerprint density at radius 2 is 2.00 bits per heavy atom. The van der Waals surface area contributed by atoms with Gasteiger partial charge in [-0.1, -0.05) is 30.3 Å². The Hall–Kier alpha value is -2.75. The van der Waals surface area contributed by atoms with Gasteiger partial charge < -0.3 is 15.8 Å². The summed E-state index contributed by atoms with van der Waals surface area (Å²) in [6, 6.07) is 16.1. The van der Waals surface area contributed by atoms with Crippen molar-refractivity contribution >= 4 is 22.3 Å². The molecule has 3 N–H and O–H groups in total. The summed E-state index contributed by atoms with van der Waals surface area (Å²) >= 11 is 0. The second kappa shape index (κ2) is 4.66. The van der Waals surface area contributed by atoms with Crippen LogP contribution in [0.25, 0.3) is 10.9 Å². The average molecular weight is 277 g/mol. The van der Waals surface area contributed by atoms with E-state index in [1.165, 1.54) is 5.56 Å². The molecule has 4 heteroatoms. The van der Waals surface area contributed by atoms with Crippen LogP contribution >= 0.6 is 0 Å². The van der Waals surface area contributed by atoms with Crippen molar-refractivity contribution in [3.05, 3.63) is 60.3 Å². The highest BCUT2D eigenvalue weighted by Gasteiger charge is 2.23. The number of nitrogens with two attached hydrogens (primary N) is 1. The van der Waals surface area contributed by atoms with Crippen molar-refractivity contribution in [2.75, 3.05) is 17.7 Å². The lowest BCUT2D eigenvalue weighted by molar-refractivity contribution is 0.340. The Morgan fingerprint density at radius 3 is 2.95 bits per heavy atom. The van der Waals surface area contributed by atoms with E-state index < -0.39 is 0 Å². The van der Waals surface area contributed by atoms with Crippen LogP contribution in [0.5, 0.6) is 5.75 Å². The van der Waals surface area contributed by atoms with Gasteiger partial charge in [-0.05, 0) is 18.2 Å². The lowest BCUT2D eigenvalue weighted by atomic mass is 10.1. The highest BCUT2D eigenvalue weighted by Crippen LogP contribution is 2.35. The maximum Gasteiger partial charge on any atom is 0.124 e. The summed E-state index contributed by atoms with van der Waals surface area (Å²) in [5, 5.41) is 4.58. The molecule has 104 valence electrons. The number of para-hydroxylation sites is 2. The Bertz CT molecular complexity index is 816. The summed E-state index contributed by atoms with van der Waals surface area (Å²) in [6.45, 7) is 0.630. The van der Waals surface area contributed by atoms with Crippen LogP contribution in [0.15, 0.2) is 54.7 Å². The zero-order chi connectivity index (χ0) is 14.2. The number of aromatic nitrogens is 1. The van der Waals surface area contributed by atoms with E-state index in [1.807, 2.05) is 42.5 Å². The number of nitrogens with one attached hydrogen (secondary N) is 1. The molecule has 2 aromatic carbocycles. The van der Waals surface area contributed by atoms with Gasteiger partial charge in [0.1, 0.15) is 12.4 Å². The first kappa shape index (κ1) is 12.0. The minimum Gasteiger partial charge on any atom is -0.491 e. The van der Waals surface area contributed by atoms with Crippen LogP contribution in [0.4, 0.5) is 11.4 Å². The van der Waals surface area contributed by atoms with E-state index in [2.05, 4.69) is 16.4 Å². The summed E-state index contributed by atoms with van der Waals surface area (Å²) in [5.74, 6) is 0.952. The monoisotopic (exact) mass is 277 g/mol. The number of hydrogen-bond acceptors (Lipinski definition) is 4. The molecule has 21 heavy (non-hydrogen) atoms. The molecule has 1 aromatic heterocycles. The number of anilines is 2. The first-order chi connectivity index (χ1) is 10.3. The van der Waals surface area contributed by atoms with Gasteiger partial charge in [-0.3, -0.25) is 4.98 Å². The lowest BCUT2D eigenvalue weighted by Crippen LogP contribution is -2.12. The van der Waals surface area contributed by atoms with E-state index in [0.29, 0.717) is 12.3 Å². The van der Waals surface area contributed by atoms with Crippen molar-refractivity contribution in [2.24, 2.45) is 0 Å². The van der Waals surface area contributed by atoms with Gasteiger partial charge in [0.05, 0.1) is 17.2 Å². The molecule has 0 saturated heterocycles. The standard InChI is InChI=1S/C17H15N3O/c18-13-6-3-5-12-14(8-9-19-17(12)13)20-15-10-21-16-7-2-1-4-11(15)16/h1-9,15H,10,18H2,(H,19,20). The first-order valence-electron chi connectivity index (χ1n) is 6.94. The van der Waals surface area contributed by atoms with Gasteiger partial charge in [-0.2, -0.15) is 0 Å². The normalized spacial score (nSPS) is 16.5. The highest BCUT2D eigenvalue weighted by molar-refractivity contribution is 5.97. The average Bonchev–Trinajstić information content (AvgIpc) is 2.92. The molecule has 1 atom stereocenters. The Balaban J connectivity index is 1.75. The maximum atomic E-state index is 5.99. The van der Waals surface area contributed by atoms with E-state index in [4.69, 9.17) is 10.5 Å². The molecule has 4 rings (SSSR count). The van der Waals surface area contributed by atoms with Crippen LogP contribution in [0, 0.1) is 0 Å². The molecular formula is C17H15N3O. The fraction of sp³-hybridized carbons (Fsp3) is 0.118. The van der Waals surface area contributed by atoms with Gasteiger partial charge in [0.2, 0.25) is 0 Å². The third-order valence-corrected chi connectivity index (χ3v) is 3.83. The Labute approximate surface area is 122 Å². The topological polar surface area (TPSA) is 60.2 Å². The molecule has 1 unspecified atom stereocenters. The van der Waals surface area contributed by atoms with Crippen LogP contribution in [-0.4, -0.2) is 11.6 Å². The van der Waals surface area contributed by atoms with E-state index in [1.54, 1.807) is 6.20 Å². The molecule has 0 aliphatic carbocycles. The quantitative estimate of drug-likeness (QED) is 0.705. The van der Waals surface area contributed by atoms with Crippen LogP contribution in [0.2, 0.25) is 0 Å². The predicted octanol–water partition coefficient (Wildman–Crippen LogP) is 3.36. The second-order valence-corrected chi connectivity index (χ2v) is 5.15. The molecule has 3 aromatic rings. The van der Waals surface area contributed by atoms with Gasteiger partial charge in [0.25, 0.3) is 0 Å². The minimum absolute atomic E-state index is 0.147. The predicted molar refractivity (Wildman–Crippen MR) is 84.5 cm³/mol. The number of benzene rings is 2. The van der Waals surface area contributed by atoms with E-state index in [-0.39, 0.29) is 6.04 Å². The second-order valence-electron chi connectivity index (χ2n) is 5.15. The lowest BCUT2D eigenvalue weighted by Gasteiger charge is -2.15. The minimum atomic E-state index is 0.147. The number of pyridine rings is 1. The molecule has 0 saturated carbocycles. The molecule has 0 fully saturated rings. The smallest absolute Gasteiger partial charge is 0.124 e. The van der Waals surface area contributed by atoms with Crippen LogP contribution < -0.4 is 15.8 Å². The molecule has 0 spiro atoms. The van der Waals surface area contributed by atoms with Crippen LogP contribution in [0.1, 0.15) is 11.6 Å². The van der Waals surface area contributed by atoms with Crippen molar-refractivity contribution in [1.29, 1.82) is 0 Å². The van der Waals surface area contributed by atoms with Gasteiger partial charge in [-0.25, -0.2) is 0 Å². The van der Waals surface area contributed by atoms with Crippen molar-refractivity contribution in [3.63, 3.8) is 0 Å². The third kappa shape index (κ3) is 1.96. The number of hydrogen-bond donors (Lipinski definition) is 2. The number of fused-ring (bicyclic) bond motifs is 2. The zero-order valence-corrected chi connectivity index (χ0v) is 11.4. The van der Waals surface area contributed by atoms with Crippen molar-refractivity contribution in [1.82, 2.24) is 4.98 Å². The van der Waals surface area contributed by atoms with Gasteiger partial charge in [0, 0.05) is 22.8 Å². The van der Waals surface area contributed by atoms with Crippen LogP contribution in [0.3, 0.4) is 0 Å². The summed E-state index contributed by atoms with van der Waals surface area (Å²) in [5.41, 5.74) is 9.73. The molecule has 1 aliphatic rings. The van der Waals surface area contributed by atoms with Crippen molar-refractivity contribution < 1.29 is 4.74 Å². The first-order valence-corrected chi connectivity index (χ1v) is 6.94.